The molecule has 1 fully saturated rings. The van der Waals surface area contributed by atoms with E-state index in [-0.39, 0.29) is 11.8 Å². The lowest BCUT2D eigenvalue weighted by Crippen LogP contribution is -2.48. The third kappa shape index (κ3) is 3.78. The number of rotatable bonds is 5. The number of nitrogens with zero attached hydrogens (tertiary/aromatic N) is 5. The zero-order valence-electron chi connectivity index (χ0n) is 13.7. The van der Waals surface area contributed by atoms with Crippen LogP contribution >= 0.6 is 15.9 Å². The predicted octanol–water partition coefficient (Wildman–Crippen LogP) is 2.33. The molecule has 1 aliphatic rings. The average molecular weight is 415 g/mol. The van der Waals surface area contributed by atoms with E-state index in [1.165, 1.54) is 0 Å². The third-order valence-electron chi connectivity index (χ3n) is 4.01. The van der Waals surface area contributed by atoms with Crippen molar-refractivity contribution in [3.8, 4) is 11.6 Å². The van der Waals surface area contributed by atoms with Gasteiger partial charge in [-0.25, -0.2) is 9.97 Å². The van der Waals surface area contributed by atoms with Gasteiger partial charge in [-0.2, -0.15) is 4.98 Å². The van der Waals surface area contributed by atoms with E-state index in [1.54, 1.807) is 18.5 Å². The summed E-state index contributed by atoms with van der Waals surface area (Å²) in [7, 11) is 0. The topological polar surface area (TPSA) is 97.0 Å². The highest BCUT2D eigenvalue weighted by Gasteiger charge is 2.33. The fourth-order valence-electron chi connectivity index (χ4n) is 2.70. The second-order valence-electron chi connectivity index (χ2n) is 5.97. The summed E-state index contributed by atoms with van der Waals surface area (Å²) >= 11 is 3.37. The van der Waals surface area contributed by atoms with E-state index < -0.39 is 0 Å². The van der Waals surface area contributed by atoms with Crippen LogP contribution in [0.2, 0.25) is 0 Å². The van der Waals surface area contributed by atoms with Gasteiger partial charge in [0.15, 0.2) is 0 Å². The van der Waals surface area contributed by atoms with Crippen LogP contribution in [-0.4, -0.2) is 50.5 Å². The van der Waals surface area contributed by atoms with Gasteiger partial charge in [0.25, 0.3) is 0 Å². The van der Waals surface area contributed by atoms with Crippen molar-refractivity contribution in [1.29, 1.82) is 0 Å². The Bertz CT molecular complexity index is 893. The molecule has 1 amide bonds. The van der Waals surface area contributed by atoms with E-state index in [0.717, 1.165) is 10.2 Å². The number of benzene rings is 1. The summed E-state index contributed by atoms with van der Waals surface area (Å²) < 4.78 is 6.28. The molecule has 0 bridgehead atoms. The van der Waals surface area contributed by atoms with E-state index in [0.29, 0.717) is 37.2 Å². The highest BCUT2D eigenvalue weighted by Crippen LogP contribution is 2.26. The lowest BCUT2D eigenvalue weighted by molar-refractivity contribution is -0.118. The summed E-state index contributed by atoms with van der Waals surface area (Å²) in [4.78, 5) is 26.7. The van der Waals surface area contributed by atoms with Gasteiger partial charge in [0.05, 0.1) is 12.5 Å². The third-order valence-corrected chi connectivity index (χ3v) is 4.54. The van der Waals surface area contributed by atoms with Gasteiger partial charge in [-0.05, 0) is 30.3 Å². The minimum atomic E-state index is -0.0466. The summed E-state index contributed by atoms with van der Waals surface area (Å²) in [6.45, 7) is 1.73. The smallest absolute Gasteiger partial charge is 0.240 e. The zero-order chi connectivity index (χ0) is 17.9. The number of anilines is 1. The van der Waals surface area contributed by atoms with Crippen LogP contribution in [0.5, 0.6) is 0 Å². The number of carbonyl (C=O) groups is 1. The van der Waals surface area contributed by atoms with Gasteiger partial charge in [-0.1, -0.05) is 21.1 Å². The van der Waals surface area contributed by atoms with Crippen molar-refractivity contribution < 1.29 is 9.32 Å². The fraction of sp³-hybridized carbons (Fsp3) is 0.235. The summed E-state index contributed by atoms with van der Waals surface area (Å²) in [6, 6.07) is 9.21. The Balaban J connectivity index is 1.28. The summed E-state index contributed by atoms with van der Waals surface area (Å²) in [6.07, 6.45) is 3.26. The molecule has 8 nitrogen and oxygen atoms in total. The average Bonchev–Trinajstić information content (AvgIpc) is 3.10. The van der Waals surface area contributed by atoms with Gasteiger partial charge in [0.1, 0.15) is 0 Å². The number of aromatic nitrogens is 4. The lowest BCUT2D eigenvalue weighted by atomic mass is 10.0. The maximum absolute atomic E-state index is 12.1. The number of likely N-dealkylation sites (tertiary alicyclic amines) is 1. The van der Waals surface area contributed by atoms with Crippen LogP contribution in [0.15, 0.2) is 51.7 Å². The molecule has 0 radical (unpaired) electrons. The van der Waals surface area contributed by atoms with E-state index in [1.807, 2.05) is 29.2 Å². The first-order chi connectivity index (χ1) is 12.7. The van der Waals surface area contributed by atoms with Crippen LogP contribution in [0.4, 0.5) is 5.69 Å². The van der Waals surface area contributed by atoms with Gasteiger partial charge in [-0.3, -0.25) is 9.69 Å². The number of halogens is 1. The predicted molar refractivity (Wildman–Crippen MR) is 97.3 cm³/mol. The van der Waals surface area contributed by atoms with Crippen LogP contribution in [0.25, 0.3) is 11.6 Å². The zero-order valence-corrected chi connectivity index (χ0v) is 15.3. The number of carbonyl (C=O) groups excluding carboxylic acids is 1. The molecule has 0 spiro atoms. The fourth-order valence-corrected chi connectivity index (χ4v) is 2.96. The van der Waals surface area contributed by atoms with E-state index in [2.05, 4.69) is 41.4 Å². The molecule has 2 aromatic heterocycles. The van der Waals surface area contributed by atoms with E-state index in [4.69, 9.17) is 4.52 Å². The molecule has 3 heterocycles. The van der Waals surface area contributed by atoms with Gasteiger partial charge in [0, 0.05) is 35.6 Å². The van der Waals surface area contributed by atoms with E-state index >= 15 is 0 Å². The standard InChI is InChI=1S/C17H15BrN6O2/c18-12-2-4-13(5-3-12)21-14(25)10-24-8-11(9-24)17-22-16(23-26-17)15-19-6-1-7-20-15/h1-7,11H,8-10H2,(H,21,25). The molecule has 9 heteroatoms. The summed E-state index contributed by atoms with van der Waals surface area (Å²) in [5, 5.41) is 6.80. The molecule has 0 saturated carbocycles. The molecule has 132 valence electrons. The van der Waals surface area contributed by atoms with Crippen LogP contribution < -0.4 is 5.32 Å². The molecule has 1 saturated heterocycles. The Morgan fingerprint density at radius 3 is 2.65 bits per heavy atom. The number of nitrogens with one attached hydrogen (secondary N) is 1. The highest BCUT2D eigenvalue weighted by molar-refractivity contribution is 9.10. The summed E-state index contributed by atoms with van der Waals surface area (Å²) in [5.74, 6) is 1.45. The lowest BCUT2D eigenvalue weighted by Gasteiger charge is -2.36. The Kier molecular flexibility index (Phi) is 4.72. The quantitative estimate of drug-likeness (QED) is 0.683. The van der Waals surface area contributed by atoms with Crippen LogP contribution in [0.1, 0.15) is 11.8 Å². The minimum Gasteiger partial charge on any atom is -0.338 e. The minimum absolute atomic E-state index is 0.0466. The van der Waals surface area contributed by atoms with Crippen LogP contribution in [0, 0.1) is 0 Å². The van der Waals surface area contributed by atoms with Crippen molar-refractivity contribution in [2.45, 2.75) is 5.92 Å². The van der Waals surface area contributed by atoms with Crippen molar-refractivity contribution in [3.63, 3.8) is 0 Å². The van der Waals surface area contributed by atoms with Gasteiger partial charge >= 0.3 is 0 Å². The molecule has 1 N–H and O–H groups in total. The largest absolute Gasteiger partial charge is 0.338 e. The Morgan fingerprint density at radius 2 is 1.92 bits per heavy atom. The maximum Gasteiger partial charge on any atom is 0.240 e. The molecule has 0 aliphatic carbocycles. The second-order valence-corrected chi connectivity index (χ2v) is 6.89. The number of hydrogen-bond donors (Lipinski definition) is 1. The molecule has 0 unspecified atom stereocenters. The first-order valence-corrected chi connectivity index (χ1v) is 8.85. The van der Waals surface area contributed by atoms with Crippen molar-refractivity contribution in [3.05, 3.63) is 53.1 Å². The van der Waals surface area contributed by atoms with E-state index in [9.17, 15) is 4.79 Å². The van der Waals surface area contributed by atoms with Gasteiger partial charge < -0.3 is 9.84 Å². The molecule has 1 aliphatic heterocycles. The van der Waals surface area contributed by atoms with Crippen molar-refractivity contribution in [2.75, 3.05) is 25.0 Å². The molecule has 4 rings (SSSR count). The maximum atomic E-state index is 12.1. The first kappa shape index (κ1) is 16.8. The monoisotopic (exact) mass is 414 g/mol. The van der Waals surface area contributed by atoms with Gasteiger partial charge in [0.2, 0.25) is 23.4 Å². The van der Waals surface area contributed by atoms with Crippen molar-refractivity contribution in [2.24, 2.45) is 0 Å². The molecular weight excluding hydrogens is 400 g/mol. The van der Waals surface area contributed by atoms with Crippen molar-refractivity contribution in [1.82, 2.24) is 25.0 Å². The van der Waals surface area contributed by atoms with Crippen LogP contribution in [0.3, 0.4) is 0 Å². The highest BCUT2D eigenvalue weighted by atomic mass is 79.9. The summed E-state index contributed by atoms with van der Waals surface area (Å²) in [5.41, 5.74) is 0.777. The Labute approximate surface area is 157 Å². The number of hydrogen-bond acceptors (Lipinski definition) is 7. The normalized spacial score (nSPS) is 14.8. The number of amides is 1. The SMILES string of the molecule is O=C(CN1CC(c2nc(-c3ncccn3)no2)C1)Nc1ccc(Br)cc1. The second kappa shape index (κ2) is 7.30. The molecule has 0 atom stereocenters. The first-order valence-electron chi connectivity index (χ1n) is 8.06. The Morgan fingerprint density at radius 1 is 1.19 bits per heavy atom. The van der Waals surface area contributed by atoms with Crippen molar-refractivity contribution >= 4 is 27.5 Å². The van der Waals surface area contributed by atoms with Crippen LogP contribution in [-0.2, 0) is 4.79 Å². The molecule has 26 heavy (non-hydrogen) atoms. The van der Waals surface area contributed by atoms with Gasteiger partial charge in [-0.15, -0.1) is 0 Å². The molecular formula is C17H15BrN6O2. The Hall–Kier alpha value is -2.65. The molecule has 3 aromatic rings. The molecule has 1 aromatic carbocycles.